The van der Waals surface area contributed by atoms with E-state index < -0.39 is 21.3 Å². The van der Waals surface area contributed by atoms with E-state index in [-0.39, 0.29) is 7.35 Å². The Morgan fingerprint density at radius 1 is 0.406 bits per heavy atom. The minimum atomic E-state index is -5.30. The summed E-state index contributed by atoms with van der Waals surface area (Å²) in [6.07, 6.45) is 7.03. The third kappa shape index (κ3) is 7.19. The fourth-order valence-electron chi connectivity index (χ4n) is 11.7. The van der Waals surface area contributed by atoms with Crippen LogP contribution in [-0.4, -0.2) is 5.98 Å². The van der Waals surface area contributed by atoms with E-state index in [1.807, 2.05) is 0 Å². The van der Waals surface area contributed by atoms with Crippen LogP contribution in [0.4, 0.5) is 0 Å². The van der Waals surface area contributed by atoms with Crippen LogP contribution in [0.1, 0.15) is 70.1 Å². The van der Waals surface area contributed by atoms with Gasteiger partial charge in [-0.15, -0.1) is 0 Å². The van der Waals surface area contributed by atoms with Crippen molar-refractivity contribution in [1.82, 2.24) is 0 Å². The van der Waals surface area contributed by atoms with Gasteiger partial charge in [0.25, 0.3) is 0 Å². The summed E-state index contributed by atoms with van der Waals surface area (Å²) in [5.74, 6) is -0.882. The van der Waals surface area contributed by atoms with Gasteiger partial charge in [0.2, 0.25) is 0 Å². The van der Waals surface area contributed by atoms with Crippen molar-refractivity contribution >= 4 is 56.8 Å². The van der Waals surface area contributed by atoms with Crippen molar-refractivity contribution in [1.29, 1.82) is 0 Å². The third-order valence-electron chi connectivity index (χ3n) is 14.4. The molecule has 0 fully saturated rings. The van der Waals surface area contributed by atoms with Crippen LogP contribution in [0.3, 0.4) is 0 Å². The van der Waals surface area contributed by atoms with Crippen molar-refractivity contribution in [2.24, 2.45) is 11.8 Å². The molecule has 0 nitrogen and oxygen atoms in total. The van der Waals surface area contributed by atoms with E-state index >= 15 is 0 Å². The zero-order chi connectivity index (χ0) is 44.4. The monoisotopic (exact) mass is 1060 g/mol. The average molecular weight is 1060 g/mol. The molecule has 2 aliphatic carbocycles. The molecule has 0 aliphatic heterocycles. The summed E-state index contributed by atoms with van der Waals surface area (Å²) >= 11 is -5.30. The second-order valence-corrected chi connectivity index (χ2v) is 78.9. The van der Waals surface area contributed by atoms with Gasteiger partial charge in [0.15, 0.2) is 0 Å². The fourth-order valence-corrected chi connectivity index (χ4v) is 56.1. The Bertz CT molecular complexity index is 2950. The van der Waals surface area contributed by atoms with Gasteiger partial charge in [-0.05, 0) is 0 Å². The Morgan fingerprint density at radius 2 is 0.719 bits per heavy atom. The first-order valence-electron chi connectivity index (χ1n) is 23.3. The van der Waals surface area contributed by atoms with E-state index in [4.69, 9.17) is 17.2 Å². The van der Waals surface area contributed by atoms with Crippen LogP contribution < -0.4 is 0 Å². The van der Waals surface area contributed by atoms with Crippen molar-refractivity contribution in [3.05, 3.63) is 203 Å². The van der Waals surface area contributed by atoms with Gasteiger partial charge in [-0.3, -0.25) is 0 Å². The molecule has 0 saturated heterocycles. The van der Waals surface area contributed by atoms with Gasteiger partial charge < -0.3 is 0 Å². The Balaban J connectivity index is 1.18. The standard InChI is InChI=1S/2C29H25.C2H7Si.2ClH.Hf/c2*1-20(2)17-21-18-23-11-8-16-28(29(23)19-21)27-14-6-5-13-26(27)25-15-7-10-22-9-3-4-12-24(22)25;1-3-2;;;/h2*3-16,18-20H,17H2,1-2H3;3H,1-2H3;2*1H;/q;;;;;+2/p-2. The number of fused-ring (bicyclic) bond motifs is 4. The number of hydrogen-bond donors (Lipinski definition) is 0. The number of allylic oxidation sites excluding steroid dienone is 2. The van der Waals surface area contributed by atoms with E-state index in [1.165, 1.54) is 99.5 Å². The molecule has 64 heavy (non-hydrogen) atoms. The van der Waals surface area contributed by atoms with Crippen molar-refractivity contribution < 1.29 is 15.3 Å². The average Bonchev–Trinajstić information content (AvgIpc) is 3.87. The summed E-state index contributed by atoms with van der Waals surface area (Å²) in [5, 5.41) is 5.04. The molecule has 8 aromatic carbocycles. The molecule has 0 spiro atoms. The number of hydrogen-bond acceptors (Lipinski definition) is 0. The van der Waals surface area contributed by atoms with Crippen LogP contribution in [0.15, 0.2) is 181 Å². The second-order valence-electron chi connectivity index (χ2n) is 19.6. The molecule has 4 heteroatoms. The van der Waals surface area contributed by atoms with E-state index in [0.29, 0.717) is 11.8 Å². The van der Waals surface area contributed by atoms with Gasteiger partial charge in [0.1, 0.15) is 0 Å². The molecular formula is C60H57Cl2HfSi. The van der Waals surface area contributed by atoms with Crippen molar-refractivity contribution in [3.8, 4) is 44.5 Å². The number of benzene rings is 8. The Morgan fingerprint density at radius 3 is 1.11 bits per heavy atom. The molecule has 0 N–H and O–H groups in total. The molecule has 0 radical (unpaired) electrons. The molecule has 2 atom stereocenters. The molecule has 0 heterocycles. The molecule has 0 saturated carbocycles. The van der Waals surface area contributed by atoms with Crippen molar-refractivity contribution in [2.75, 3.05) is 0 Å². The molecule has 10 rings (SSSR count). The molecule has 2 aliphatic rings. The molecule has 0 aromatic heterocycles. The van der Waals surface area contributed by atoms with Gasteiger partial charge in [-0.2, -0.15) is 0 Å². The van der Waals surface area contributed by atoms with Gasteiger partial charge in [-0.25, -0.2) is 0 Å². The number of halogens is 2. The van der Waals surface area contributed by atoms with Crippen molar-refractivity contribution in [2.45, 2.75) is 61.0 Å². The van der Waals surface area contributed by atoms with Gasteiger partial charge in [0.05, 0.1) is 0 Å². The predicted octanol–water partition coefficient (Wildman–Crippen LogP) is 18.3. The topological polar surface area (TPSA) is 0 Å². The zero-order valence-electron chi connectivity index (χ0n) is 37.9. The van der Waals surface area contributed by atoms with Crippen LogP contribution in [0, 0.1) is 11.8 Å². The summed E-state index contributed by atoms with van der Waals surface area (Å²) in [7, 11) is 18.2. The Labute approximate surface area is 389 Å². The van der Waals surface area contributed by atoms with Crippen LogP contribution in [-0.2, 0) is 15.3 Å². The normalized spacial score (nSPS) is 16.6. The van der Waals surface area contributed by atoms with Crippen LogP contribution in [0.2, 0.25) is 13.1 Å². The molecule has 0 bridgehead atoms. The Hall–Kier alpha value is -4.57. The van der Waals surface area contributed by atoms with Crippen molar-refractivity contribution in [3.63, 3.8) is 0 Å². The van der Waals surface area contributed by atoms with Gasteiger partial charge in [-0.1, -0.05) is 0 Å². The minimum absolute atomic E-state index is 0.0206. The van der Waals surface area contributed by atoms with E-state index in [1.54, 1.807) is 0 Å². The quantitative estimate of drug-likeness (QED) is 0.113. The predicted molar refractivity (Wildman–Crippen MR) is 281 cm³/mol. The maximum atomic E-state index is 9.10. The first-order valence-corrected chi connectivity index (χ1v) is 45.5. The van der Waals surface area contributed by atoms with E-state index in [2.05, 4.69) is 223 Å². The molecular weight excluding hydrogens is 998 g/mol. The fraction of sp³-hybridized carbons (Fsp3) is 0.200. The SMILES string of the molecule is CC(C)CC1=Cc2c(-c3ccccc3-c3cccc4ccccc34)cccc2[CH]1[Hf]([Cl])([Cl])([CH]1C(CC(C)C)=Cc2c(-c3ccccc3-c3cccc4ccccc34)cccc21)[SiH](C)C. The molecule has 0 amide bonds. The van der Waals surface area contributed by atoms with Crippen LogP contribution in [0.5, 0.6) is 0 Å². The zero-order valence-corrected chi connectivity index (χ0v) is 44.1. The Kier molecular flexibility index (Phi) is 11.5. The maximum absolute atomic E-state index is 9.10. The van der Waals surface area contributed by atoms with Crippen LogP contribution in [0.25, 0.3) is 78.2 Å². The summed E-state index contributed by atoms with van der Waals surface area (Å²) < 4.78 is 0.0411. The number of rotatable bonds is 11. The summed E-state index contributed by atoms with van der Waals surface area (Å²) in [4.78, 5) is 0. The van der Waals surface area contributed by atoms with Crippen LogP contribution >= 0.6 is 17.2 Å². The van der Waals surface area contributed by atoms with Gasteiger partial charge >= 0.3 is 393 Å². The molecule has 319 valence electrons. The van der Waals surface area contributed by atoms with Gasteiger partial charge in [0, 0.05) is 0 Å². The van der Waals surface area contributed by atoms with E-state index in [0.717, 1.165) is 12.8 Å². The summed E-state index contributed by atoms with van der Waals surface area (Å²) in [5.41, 5.74) is 18.2. The second kappa shape index (κ2) is 17.0. The summed E-state index contributed by atoms with van der Waals surface area (Å²) in [6.45, 7) is 14.4. The molecule has 8 aromatic rings. The third-order valence-corrected chi connectivity index (χ3v) is 87.2. The first kappa shape index (κ1) is 43.3. The van der Waals surface area contributed by atoms with E-state index in [9.17, 15) is 0 Å². The molecule has 2 unspecified atom stereocenters. The summed E-state index contributed by atoms with van der Waals surface area (Å²) in [6, 6.07) is 62.9. The first-order chi connectivity index (χ1) is 30.9.